The van der Waals surface area contributed by atoms with Crippen molar-refractivity contribution in [1.29, 1.82) is 0 Å². The number of carbonyl (C=O) groups is 3. The number of piperidine rings is 4. The second-order valence-corrected chi connectivity index (χ2v) is 19.3. The minimum atomic E-state index is -2.84. The van der Waals surface area contributed by atoms with E-state index in [1.165, 1.54) is 4.57 Å². The number of benzene rings is 2. The Morgan fingerprint density at radius 2 is 1.69 bits per heavy atom. The van der Waals surface area contributed by atoms with Crippen LogP contribution in [0.5, 0.6) is 0 Å². The minimum Gasteiger partial charge on any atom is -0.385 e. The van der Waals surface area contributed by atoms with Crippen LogP contribution in [-0.4, -0.2) is 122 Å². The van der Waals surface area contributed by atoms with E-state index in [0.29, 0.717) is 68.2 Å². The van der Waals surface area contributed by atoms with E-state index < -0.39 is 23.9 Å². The van der Waals surface area contributed by atoms with Crippen molar-refractivity contribution in [3.63, 3.8) is 0 Å². The van der Waals surface area contributed by atoms with Crippen molar-refractivity contribution in [1.82, 2.24) is 44.2 Å². The molecule has 6 aliphatic rings. The molecular formula is C47H56F2N12O4. The largest absolute Gasteiger partial charge is 0.385 e. The summed E-state index contributed by atoms with van der Waals surface area (Å²) >= 11 is 0. The number of imidazole rings is 2. The SMILES string of the molecule is CNc1cc(N2CCc3c(CN4CCC(N5CCC6(CCN(c7ccc8c(c7)n(C)c(=O)n8C7CCC(=O)NC7=O)CC6)CC5)C(F)(F)C4)cccc32)nn2c(C(=O)NC3CC3)cnc12. The molecule has 2 aromatic carbocycles. The fourth-order valence-electron chi connectivity index (χ4n) is 11.5. The number of aromatic nitrogens is 5. The highest BCUT2D eigenvalue weighted by Gasteiger charge is 2.50. The number of fused-ring (bicyclic) bond motifs is 3. The lowest BCUT2D eigenvalue weighted by Gasteiger charge is -2.51. The normalized spacial score (nSPS) is 23.6. The third-order valence-electron chi connectivity index (χ3n) is 15.4. The Bertz CT molecular complexity index is 2780. The molecule has 3 aromatic heterocycles. The summed E-state index contributed by atoms with van der Waals surface area (Å²) in [6.07, 6.45) is 8.96. The third-order valence-corrected chi connectivity index (χ3v) is 15.4. The van der Waals surface area contributed by atoms with Gasteiger partial charge in [-0.3, -0.25) is 38.6 Å². The summed E-state index contributed by atoms with van der Waals surface area (Å²) in [5, 5.41) is 13.5. The van der Waals surface area contributed by atoms with Gasteiger partial charge in [0.1, 0.15) is 6.04 Å². The van der Waals surface area contributed by atoms with E-state index in [2.05, 4.69) is 47.8 Å². The number of imide groups is 1. The number of amides is 3. The number of alkyl halides is 2. The van der Waals surface area contributed by atoms with Crippen molar-refractivity contribution in [3.8, 4) is 0 Å². The van der Waals surface area contributed by atoms with Gasteiger partial charge in [-0.15, -0.1) is 5.10 Å². The van der Waals surface area contributed by atoms with E-state index in [4.69, 9.17) is 5.10 Å². The van der Waals surface area contributed by atoms with E-state index in [9.17, 15) is 19.2 Å². The van der Waals surface area contributed by atoms with Crippen LogP contribution in [-0.2, 0) is 29.6 Å². The molecule has 0 bridgehead atoms. The topological polar surface area (TPSA) is 157 Å². The van der Waals surface area contributed by atoms with Gasteiger partial charge in [0, 0.05) is 76.7 Å². The first kappa shape index (κ1) is 41.8. The lowest BCUT2D eigenvalue weighted by molar-refractivity contribution is -0.138. The van der Waals surface area contributed by atoms with Crippen LogP contribution >= 0.6 is 0 Å². The van der Waals surface area contributed by atoms with E-state index in [0.717, 1.165) is 91.7 Å². The zero-order chi connectivity index (χ0) is 44.8. The van der Waals surface area contributed by atoms with Crippen LogP contribution in [0, 0.1) is 5.41 Å². The molecule has 5 fully saturated rings. The van der Waals surface area contributed by atoms with Gasteiger partial charge >= 0.3 is 5.69 Å². The van der Waals surface area contributed by atoms with Gasteiger partial charge in [-0.2, -0.15) is 0 Å². The number of anilines is 4. The second-order valence-electron chi connectivity index (χ2n) is 19.3. The fourth-order valence-corrected chi connectivity index (χ4v) is 11.5. The molecule has 1 spiro atoms. The predicted molar refractivity (Wildman–Crippen MR) is 242 cm³/mol. The summed E-state index contributed by atoms with van der Waals surface area (Å²) in [5.41, 5.74) is 7.19. The number of rotatable bonds is 9. The highest BCUT2D eigenvalue weighted by atomic mass is 19.3. The molecular weight excluding hydrogens is 835 g/mol. The quantitative estimate of drug-likeness (QED) is 0.178. The first-order valence-corrected chi connectivity index (χ1v) is 23.3. The highest BCUT2D eigenvalue weighted by Crippen LogP contribution is 2.45. The zero-order valence-electron chi connectivity index (χ0n) is 37.0. The van der Waals surface area contributed by atoms with Crippen LogP contribution < -0.4 is 31.4 Å². The summed E-state index contributed by atoms with van der Waals surface area (Å²) in [6, 6.07) is 12.7. The zero-order valence-corrected chi connectivity index (χ0v) is 37.0. The van der Waals surface area contributed by atoms with Gasteiger partial charge in [-0.25, -0.2) is 23.1 Å². The first-order valence-electron chi connectivity index (χ1n) is 23.3. The molecule has 1 saturated carbocycles. The fraction of sp³-hybridized carbons (Fsp3) is 0.532. The van der Waals surface area contributed by atoms with Gasteiger partial charge in [-0.05, 0) is 112 Å². The number of carbonyl (C=O) groups excluding carboxylic acids is 3. The molecule has 3 N–H and O–H groups in total. The molecule has 8 heterocycles. The van der Waals surface area contributed by atoms with Gasteiger partial charge in [-0.1, -0.05) is 12.1 Å². The Hall–Kier alpha value is -5.88. The van der Waals surface area contributed by atoms with Gasteiger partial charge in [0.15, 0.2) is 17.2 Å². The first-order chi connectivity index (χ1) is 31.4. The van der Waals surface area contributed by atoms with Crippen molar-refractivity contribution >= 4 is 57.3 Å². The molecule has 5 aromatic rings. The average molecular weight is 891 g/mol. The molecule has 18 heteroatoms. The predicted octanol–water partition coefficient (Wildman–Crippen LogP) is 4.58. The van der Waals surface area contributed by atoms with Crippen LogP contribution in [0.3, 0.4) is 0 Å². The van der Waals surface area contributed by atoms with Crippen LogP contribution in [0.1, 0.15) is 85.4 Å². The Labute approximate surface area is 374 Å². The minimum absolute atomic E-state index is 0.123. The number of likely N-dealkylation sites (tertiary alicyclic amines) is 2. The van der Waals surface area contributed by atoms with Crippen LogP contribution in [0.15, 0.2) is 53.5 Å². The lowest BCUT2D eigenvalue weighted by Crippen LogP contribution is -2.60. The monoisotopic (exact) mass is 890 g/mol. The van der Waals surface area contributed by atoms with Gasteiger partial charge in [0.25, 0.3) is 11.8 Å². The smallest absolute Gasteiger partial charge is 0.329 e. The summed E-state index contributed by atoms with van der Waals surface area (Å²) in [6.45, 7) is 4.50. The molecule has 65 heavy (non-hydrogen) atoms. The van der Waals surface area contributed by atoms with Crippen molar-refractivity contribution < 1.29 is 23.2 Å². The number of hydrogen-bond donors (Lipinski definition) is 3. The van der Waals surface area contributed by atoms with E-state index in [1.807, 2.05) is 42.3 Å². The van der Waals surface area contributed by atoms with Crippen molar-refractivity contribution in [2.75, 3.05) is 68.0 Å². The number of nitrogens with one attached hydrogen (secondary N) is 3. The average Bonchev–Trinajstić information content (AvgIpc) is 3.72. The van der Waals surface area contributed by atoms with Crippen LogP contribution in [0.2, 0.25) is 0 Å². The van der Waals surface area contributed by atoms with Crippen LogP contribution in [0.4, 0.5) is 31.7 Å². The summed E-state index contributed by atoms with van der Waals surface area (Å²) in [4.78, 5) is 63.8. The molecule has 16 nitrogen and oxygen atoms in total. The molecule has 4 saturated heterocycles. The number of aryl methyl sites for hydroxylation is 1. The summed E-state index contributed by atoms with van der Waals surface area (Å²) in [5.74, 6) is -3.11. The van der Waals surface area contributed by atoms with Crippen molar-refractivity contribution in [2.45, 2.75) is 94.8 Å². The Morgan fingerprint density at radius 3 is 2.43 bits per heavy atom. The summed E-state index contributed by atoms with van der Waals surface area (Å²) in [7, 11) is 3.54. The van der Waals surface area contributed by atoms with E-state index in [-0.39, 0.29) is 41.9 Å². The molecule has 2 unspecified atom stereocenters. The number of halogens is 2. The molecule has 2 atom stereocenters. The van der Waals surface area contributed by atoms with Crippen molar-refractivity contribution in [2.24, 2.45) is 12.5 Å². The molecule has 11 rings (SSSR count). The second kappa shape index (κ2) is 15.9. The van der Waals surface area contributed by atoms with E-state index in [1.54, 1.807) is 22.3 Å². The standard InChI is InChI=1S/C47H56F2N12O4/c1-50-33-25-40(54-61-38(26-51-42(33)61)44(64)52-30-6-7-30)59-19-12-32-29(4-3-5-34(32)59)27-56-18-13-39(47(48,49)28-56)58-22-16-46(17-23-58)14-20-57(21-15-46)31-8-9-35-37(24-31)55(2)45(65)60(35)36-10-11-41(62)53-43(36)63/h3-5,8-9,24-26,30,36,39,50H,6-7,10-23,27-28H2,1-2H3,(H,52,64)(H,53,62,63). The van der Waals surface area contributed by atoms with Gasteiger partial charge in [0.2, 0.25) is 11.8 Å². The number of nitrogens with zero attached hydrogens (tertiary/aromatic N) is 9. The van der Waals surface area contributed by atoms with Crippen molar-refractivity contribution in [3.05, 3.63) is 76.0 Å². The maximum atomic E-state index is 16.3. The van der Waals surface area contributed by atoms with Gasteiger partial charge in [0.05, 0.1) is 35.5 Å². The lowest BCUT2D eigenvalue weighted by atomic mass is 9.70. The maximum Gasteiger partial charge on any atom is 0.329 e. The Morgan fingerprint density at radius 1 is 0.908 bits per heavy atom. The molecule has 5 aliphatic heterocycles. The van der Waals surface area contributed by atoms with E-state index >= 15 is 8.78 Å². The third kappa shape index (κ3) is 7.41. The Balaban J connectivity index is 0.712. The Kier molecular flexibility index (Phi) is 10.2. The molecule has 342 valence electrons. The highest BCUT2D eigenvalue weighted by molar-refractivity contribution is 6.00. The van der Waals surface area contributed by atoms with Crippen LogP contribution in [0.25, 0.3) is 16.7 Å². The maximum absolute atomic E-state index is 16.3. The molecule has 3 amide bonds. The molecule has 1 aliphatic carbocycles. The summed E-state index contributed by atoms with van der Waals surface area (Å²) < 4.78 is 37.2. The number of hydrogen-bond acceptors (Lipinski definition) is 11. The molecule has 0 radical (unpaired) electrons. The van der Waals surface area contributed by atoms with Gasteiger partial charge < -0.3 is 20.4 Å².